The Morgan fingerprint density at radius 3 is 2.90 bits per heavy atom. The van der Waals surface area contributed by atoms with E-state index in [1.165, 1.54) is 6.07 Å². The van der Waals surface area contributed by atoms with Gasteiger partial charge in [0.1, 0.15) is 18.2 Å². The molecular weight excluding hydrogens is 257 g/mol. The maximum atomic E-state index is 13.7. The molecule has 1 N–H and O–H groups in total. The van der Waals surface area contributed by atoms with Crippen LogP contribution >= 0.6 is 0 Å². The molecular formula is C16H20FNO2. The molecule has 4 heteroatoms. The predicted octanol–water partition coefficient (Wildman–Crippen LogP) is 3.64. The number of rotatable bonds is 8. The molecule has 0 fully saturated rings. The van der Waals surface area contributed by atoms with Gasteiger partial charge in [-0.05, 0) is 42.8 Å². The minimum absolute atomic E-state index is 0.233. The third-order valence-electron chi connectivity index (χ3n) is 2.95. The molecule has 0 amide bonds. The molecule has 0 saturated carbocycles. The van der Waals surface area contributed by atoms with Crippen LogP contribution in [0.1, 0.15) is 30.2 Å². The molecule has 0 spiro atoms. The summed E-state index contributed by atoms with van der Waals surface area (Å²) in [6.07, 6.45) is 2.68. The minimum Gasteiger partial charge on any atom is -0.467 e. The van der Waals surface area contributed by atoms with Crippen molar-refractivity contribution < 1.29 is 13.5 Å². The Kier molecular flexibility index (Phi) is 5.77. The van der Waals surface area contributed by atoms with Crippen molar-refractivity contribution in [3.8, 4) is 0 Å². The average Bonchev–Trinajstić information content (AvgIpc) is 2.95. The van der Waals surface area contributed by atoms with Gasteiger partial charge >= 0.3 is 0 Å². The molecule has 0 aliphatic rings. The zero-order valence-electron chi connectivity index (χ0n) is 11.7. The van der Waals surface area contributed by atoms with E-state index in [9.17, 15) is 4.39 Å². The highest BCUT2D eigenvalue weighted by atomic mass is 19.1. The van der Waals surface area contributed by atoms with Crippen LogP contribution in [0.3, 0.4) is 0 Å². The first-order valence-corrected chi connectivity index (χ1v) is 6.87. The summed E-state index contributed by atoms with van der Waals surface area (Å²) in [5, 5.41) is 3.30. The van der Waals surface area contributed by atoms with Crippen LogP contribution in [0.5, 0.6) is 0 Å². The smallest absolute Gasteiger partial charge is 0.129 e. The van der Waals surface area contributed by atoms with E-state index < -0.39 is 0 Å². The summed E-state index contributed by atoms with van der Waals surface area (Å²) < 4.78 is 24.3. The van der Waals surface area contributed by atoms with Gasteiger partial charge in [-0.15, -0.1) is 0 Å². The number of hydrogen-bond acceptors (Lipinski definition) is 3. The van der Waals surface area contributed by atoms with Crippen molar-refractivity contribution in [3.05, 3.63) is 59.3 Å². The van der Waals surface area contributed by atoms with Crippen molar-refractivity contribution in [1.29, 1.82) is 0 Å². The Balaban J connectivity index is 1.87. The van der Waals surface area contributed by atoms with Gasteiger partial charge in [-0.2, -0.15) is 0 Å². The number of halogens is 1. The van der Waals surface area contributed by atoms with E-state index in [0.717, 1.165) is 30.8 Å². The molecule has 0 unspecified atom stereocenters. The summed E-state index contributed by atoms with van der Waals surface area (Å²) >= 11 is 0. The Labute approximate surface area is 118 Å². The molecule has 2 rings (SSSR count). The summed E-state index contributed by atoms with van der Waals surface area (Å²) in [6.45, 7) is 4.42. The summed E-state index contributed by atoms with van der Waals surface area (Å²) in [5.74, 6) is 0.509. The van der Waals surface area contributed by atoms with Crippen LogP contribution in [0, 0.1) is 5.82 Å². The third-order valence-corrected chi connectivity index (χ3v) is 2.95. The zero-order chi connectivity index (χ0) is 14.2. The van der Waals surface area contributed by atoms with Crippen LogP contribution in [-0.4, -0.2) is 6.54 Å². The van der Waals surface area contributed by atoms with Crippen molar-refractivity contribution in [2.45, 2.75) is 33.1 Å². The average molecular weight is 277 g/mol. The Morgan fingerprint density at radius 1 is 1.25 bits per heavy atom. The zero-order valence-corrected chi connectivity index (χ0v) is 11.7. The number of benzene rings is 1. The number of nitrogens with one attached hydrogen (secondary N) is 1. The normalized spacial score (nSPS) is 10.9. The van der Waals surface area contributed by atoms with Crippen molar-refractivity contribution in [2.24, 2.45) is 0 Å². The van der Waals surface area contributed by atoms with E-state index in [4.69, 9.17) is 9.15 Å². The lowest BCUT2D eigenvalue weighted by Crippen LogP contribution is -2.14. The molecule has 1 aromatic heterocycles. The van der Waals surface area contributed by atoms with E-state index >= 15 is 0 Å². The Morgan fingerprint density at radius 2 is 2.15 bits per heavy atom. The van der Waals surface area contributed by atoms with Gasteiger partial charge in [-0.3, -0.25) is 0 Å². The van der Waals surface area contributed by atoms with Gasteiger partial charge in [0.05, 0.1) is 12.9 Å². The lowest BCUT2D eigenvalue weighted by molar-refractivity contribution is 0.0908. The first kappa shape index (κ1) is 14.8. The molecule has 0 bridgehead atoms. The van der Waals surface area contributed by atoms with Crippen molar-refractivity contribution >= 4 is 0 Å². The number of furan rings is 1. The maximum absolute atomic E-state index is 13.7. The largest absolute Gasteiger partial charge is 0.467 e. The lowest BCUT2D eigenvalue weighted by Gasteiger charge is -2.08. The fourth-order valence-corrected chi connectivity index (χ4v) is 1.91. The summed E-state index contributed by atoms with van der Waals surface area (Å²) in [6, 6.07) is 8.78. The van der Waals surface area contributed by atoms with Crippen LogP contribution in [-0.2, 0) is 24.5 Å². The summed E-state index contributed by atoms with van der Waals surface area (Å²) in [4.78, 5) is 0. The molecule has 2 aromatic rings. The van der Waals surface area contributed by atoms with Gasteiger partial charge in [0.15, 0.2) is 0 Å². The van der Waals surface area contributed by atoms with Gasteiger partial charge in [-0.1, -0.05) is 13.0 Å². The molecule has 3 nitrogen and oxygen atoms in total. The molecule has 0 atom stereocenters. The third kappa shape index (κ3) is 4.47. The van der Waals surface area contributed by atoms with Crippen LogP contribution in [0.4, 0.5) is 4.39 Å². The summed E-state index contributed by atoms with van der Waals surface area (Å²) in [5.41, 5.74) is 1.64. The topological polar surface area (TPSA) is 34.4 Å². The predicted molar refractivity (Wildman–Crippen MR) is 75.6 cm³/mol. The highest BCUT2D eigenvalue weighted by molar-refractivity contribution is 5.24. The van der Waals surface area contributed by atoms with Crippen LogP contribution in [0.25, 0.3) is 0 Å². The molecule has 0 radical (unpaired) electrons. The molecule has 1 heterocycles. The standard InChI is InChI=1S/C16H20FNO2/c1-2-7-18-10-13-5-6-16(17)14(9-13)11-19-12-15-4-3-8-20-15/h3-6,8-9,18H,2,7,10-12H2,1H3. The Bertz CT molecular complexity index is 511. The van der Waals surface area contributed by atoms with Gasteiger partial charge in [0.2, 0.25) is 0 Å². The summed E-state index contributed by atoms with van der Waals surface area (Å²) in [7, 11) is 0. The molecule has 0 saturated heterocycles. The van der Waals surface area contributed by atoms with Crippen LogP contribution < -0.4 is 5.32 Å². The first-order chi connectivity index (χ1) is 9.79. The van der Waals surface area contributed by atoms with E-state index in [1.807, 2.05) is 12.1 Å². The van der Waals surface area contributed by atoms with E-state index in [1.54, 1.807) is 18.4 Å². The Hall–Kier alpha value is -1.65. The second-order valence-electron chi connectivity index (χ2n) is 4.67. The van der Waals surface area contributed by atoms with Crippen molar-refractivity contribution in [2.75, 3.05) is 6.54 Å². The second kappa shape index (κ2) is 7.82. The quantitative estimate of drug-likeness (QED) is 0.748. The number of ether oxygens (including phenoxy) is 1. The molecule has 20 heavy (non-hydrogen) atoms. The second-order valence-corrected chi connectivity index (χ2v) is 4.67. The van der Waals surface area contributed by atoms with Crippen molar-refractivity contribution in [1.82, 2.24) is 5.32 Å². The van der Waals surface area contributed by atoms with E-state index in [-0.39, 0.29) is 12.4 Å². The molecule has 0 aliphatic heterocycles. The lowest BCUT2D eigenvalue weighted by atomic mass is 10.1. The molecule has 108 valence electrons. The number of hydrogen-bond donors (Lipinski definition) is 1. The van der Waals surface area contributed by atoms with Gasteiger partial charge in [0.25, 0.3) is 0 Å². The minimum atomic E-state index is -0.233. The van der Waals surface area contributed by atoms with Crippen LogP contribution in [0.2, 0.25) is 0 Å². The fraction of sp³-hybridized carbons (Fsp3) is 0.375. The maximum Gasteiger partial charge on any atom is 0.129 e. The van der Waals surface area contributed by atoms with Gasteiger partial charge in [0, 0.05) is 12.1 Å². The van der Waals surface area contributed by atoms with Crippen LogP contribution in [0.15, 0.2) is 41.0 Å². The van der Waals surface area contributed by atoms with E-state index in [0.29, 0.717) is 12.2 Å². The van der Waals surface area contributed by atoms with E-state index in [2.05, 4.69) is 12.2 Å². The fourth-order valence-electron chi connectivity index (χ4n) is 1.91. The van der Waals surface area contributed by atoms with Gasteiger partial charge < -0.3 is 14.5 Å². The highest BCUT2D eigenvalue weighted by Gasteiger charge is 2.05. The molecule has 1 aromatic carbocycles. The highest BCUT2D eigenvalue weighted by Crippen LogP contribution is 2.13. The molecule has 0 aliphatic carbocycles. The van der Waals surface area contributed by atoms with Crippen molar-refractivity contribution in [3.63, 3.8) is 0 Å². The first-order valence-electron chi connectivity index (χ1n) is 6.87. The SMILES string of the molecule is CCCNCc1ccc(F)c(COCc2ccco2)c1. The monoisotopic (exact) mass is 277 g/mol. The van der Waals surface area contributed by atoms with Gasteiger partial charge in [-0.25, -0.2) is 4.39 Å².